The molecule has 0 spiro atoms. The molecule has 2 unspecified atom stereocenters. The van der Waals surface area contributed by atoms with E-state index in [2.05, 4.69) is 10.3 Å². The molecule has 1 fully saturated rings. The van der Waals surface area contributed by atoms with Gasteiger partial charge in [-0.2, -0.15) is 4.31 Å². The number of rotatable bonds is 5. The van der Waals surface area contributed by atoms with Gasteiger partial charge in [-0.15, -0.1) is 0 Å². The van der Waals surface area contributed by atoms with Crippen molar-refractivity contribution in [3.8, 4) is 0 Å². The fourth-order valence-corrected chi connectivity index (χ4v) is 4.04. The molecule has 0 saturated carbocycles. The molecule has 1 saturated heterocycles. The zero-order chi connectivity index (χ0) is 14.8. The highest BCUT2D eigenvalue weighted by molar-refractivity contribution is 7.89. The van der Waals surface area contributed by atoms with E-state index in [0.717, 1.165) is 0 Å². The number of pyridine rings is 1. The third kappa shape index (κ3) is 2.94. The lowest BCUT2D eigenvalue weighted by Gasteiger charge is -2.19. The van der Waals surface area contributed by atoms with Crippen molar-refractivity contribution >= 4 is 15.8 Å². The molecule has 2 rings (SSSR count). The van der Waals surface area contributed by atoms with Gasteiger partial charge in [0.05, 0.1) is 6.10 Å². The van der Waals surface area contributed by atoms with Crippen molar-refractivity contribution in [1.29, 1.82) is 0 Å². The second-order valence-electron chi connectivity index (χ2n) is 5.03. The standard InChI is InChI=1S/C13H21N3O3S/c1-3-14-13-12(5-4-7-15-13)20(18,19)16-8-6-11(9-16)10(2)17/h4-5,7,10-11,17H,3,6,8-9H2,1-2H3,(H,14,15). The van der Waals surface area contributed by atoms with Gasteiger partial charge in [0, 0.05) is 25.8 Å². The number of nitrogens with one attached hydrogen (secondary N) is 1. The summed E-state index contributed by atoms with van der Waals surface area (Å²) in [6.07, 6.45) is 1.77. The Hall–Kier alpha value is -1.18. The Bertz CT molecular complexity index is 560. The summed E-state index contributed by atoms with van der Waals surface area (Å²) in [4.78, 5) is 4.30. The Morgan fingerprint density at radius 1 is 1.60 bits per heavy atom. The van der Waals surface area contributed by atoms with Gasteiger partial charge < -0.3 is 10.4 Å². The van der Waals surface area contributed by atoms with Crippen molar-refractivity contribution in [3.63, 3.8) is 0 Å². The first-order chi connectivity index (χ1) is 9.46. The molecule has 0 amide bonds. The highest BCUT2D eigenvalue weighted by atomic mass is 32.2. The molecular formula is C13H21N3O3S. The van der Waals surface area contributed by atoms with Crippen LogP contribution in [0.1, 0.15) is 20.3 Å². The molecule has 2 N–H and O–H groups in total. The Labute approximate surface area is 119 Å². The van der Waals surface area contributed by atoms with Crippen LogP contribution in [0, 0.1) is 5.92 Å². The monoisotopic (exact) mass is 299 g/mol. The van der Waals surface area contributed by atoms with Crippen LogP contribution in [0.25, 0.3) is 0 Å². The number of nitrogens with zero attached hydrogens (tertiary/aromatic N) is 2. The average molecular weight is 299 g/mol. The minimum absolute atomic E-state index is 0.00373. The lowest BCUT2D eigenvalue weighted by Crippen LogP contribution is -2.31. The highest BCUT2D eigenvalue weighted by Gasteiger charge is 2.35. The SMILES string of the molecule is CCNc1ncccc1S(=O)(=O)N1CCC(C(C)O)C1. The van der Waals surface area contributed by atoms with Gasteiger partial charge in [-0.05, 0) is 38.3 Å². The van der Waals surface area contributed by atoms with Crippen molar-refractivity contribution in [2.75, 3.05) is 25.0 Å². The Balaban J connectivity index is 2.28. The van der Waals surface area contributed by atoms with Gasteiger partial charge in [0.25, 0.3) is 0 Å². The van der Waals surface area contributed by atoms with Crippen LogP contribution >= 0.6 is 0 Å². The van der Waals surface area contributed by atoms with E-state index in [1.807, 2.05) is 6.92 Å². The molecular weight excluding hydrogens is 278 g/mol. The maximum atomic E-state index is 12.7. The molecule has 0 bridgehead atoms. The lowest BCUT2D eigenvalue weighted by atomic mass is 10.0. The van der Waals surface area contributed by atoms with Crippen LogP contribution in [0.2, 0.25) is 0 Å². The summed E-state index contributed by atoms with van der Waals surface area (Å²) in [5.41, 5.74) is 0. The molecule has 2 heterocycles. The predicted octanol–water partition coefficient (Wildman–Crippen LogP) is 0.905. The molecule has 0 radical (unpaired) electrons. The van der Waals surface area contributed by atoms with Crippen LogP contribution in [0.3, 0.4) is 0 Å². The smallest absolute Gasteiger partial charge is 0.246 e. The second-order valence-corrected chi connectivity index (χ2v) is 6.94. The molecule has 1 aromatic rings. The zero-order valence-electron chi connectivity index (χ0n) is 11.8. The van der Waals surface area contributed by atoms with Crippen molar-refractivity contribution < 1.29 is 13.5 Å². The zero-order valence-corrected chi connectivity index (χ0v) is 12.6. The third-order valence-corrected chi connectivity index (χ3v) is 5.50. The van der Waals surface area contributed by atoms with Crippen LogP contribution in [0.5, 0.6) is 0 Å². The normalized spacial score (nSPS) is 21.9. The van der Waals surface area contributed by atoms with Crippen LogP contribution in [-0.2, 0) is 10.0 Å². The van der Waals surface area contributed by atoms with E-state index in [4.69, 9.17) is 0 Å². The van der Waals surface area contributed by atoms with Gasteiger partial charge in [0.1, 0.15) is 10.7 Å². The van der Waals surface area contributed by atoms with Gasteiger partial charge >= 0.3 is 0 Å². The van der Waals surface area contributed by atoms with E-state index in [1.54, 1.807) is 25.3 Å². The maximum absolute atomic E-state index is 12.7. The van der Waals surface area contributed by atoms with Crippen molar-refractivity contribution in [3.05, 3.63) is 18.3 Å². The first-order valence-corrected chi connectivity index (χ1v) is 8.28. The minimum Gasteiger partial charge on any atom is -0.393 e. The van der Waals surface area contributed by atoms with E-state index in [1.165, 1.54) is 4.31 Å². The topological polar surface area (TPSA) is 82.5 Å². The van der Waals surface area contributed by atoms with E-state index >= 15 is 0 Å². The number of anilines is 1. The fourth-order valence-electron chi connectivity index (χ4n) is 2.40. The van der Waals surface area contributed by atoms with Crippen LogP contribution < -0.4 is 5.32 Å². The molecule has 2 atom stereocenters. The van der Waals surface area contributed by atoms with Crippen molar-refractivity contribution in [2.45, 2.75) is 31.3 Å². The van der Waals surface area contributed by atoms with Crippen LogP contribution in [0.4, 0.5) is 5.82 Å². The lowest BCUT2D eigenvalue weighted by molar-refractivity contribution is 0.133. The third-order valence-electron chi connectivity index (χ3n) is 3.60. The Kier molecular flexibility index (Phi) is 4.62. The number of aliphatic hydroxyl groups excluding tert-OH is 1. The quantitative estimate of drug-likeness (QED) is 0.844. The molecule has 7 heteroatoms. The first-order valence-electron chi connectivity index (χ1n) is 6.84. The second kappa shape index (κ2) is 6.07. The summed E-state index contributed by atoms with van der Waals surface area (Å²) >= 11 is 0. The average Bonchev–Trinajstić information content (AvgIpc) is 2.90. The highest BCUT2D eigenvalue weighted by Crippen LogP contribution is 2.28. The van der Waals surface area contributed by atoms with Crippen LogP contribution in [-0.4, -0.2) is 48.6 Å². The molecule has 1 aromatic heterocycles. The van der Waals surface area contributed by atoms with E-state index < -0.39 is 16.1 Å². The van der Waals surface area contributed by atoms with E-state index in [0.29, 0.717) is 31.9 Å². The summed E-state index contributed by atoms with van der Waals surface area (Å²) in [6, 6.07) is 3.19. The van der Waals surface area contributed by atoms with E-state index in [-0.39, 0.29) is 10.8 Å². The minimum atomic E-state index is -3.56. The number of aliphatic hydroxyl groups is 1. The number of sulfonamides is 1. The largest absolute Gasteiger partial charge is 0.393 e. The predicted molar refractivity (Wildman–Crippen MR) is 76.9 cm³/mol. The van der Waals surface area contributed by atoms with Gasteiger partial charge in [0.15, 0.2) is 0 Å². The fraction of sp³-hybridized carbons (Fsp3) is 0.615. The van der Waals surface area contributed by atoms with Crippen molar-refractivity contribution in [2.24, 2.45) is 5.92 Å². The first kappa shape index (κ1) is 15.2. The molecule has 0 aliphatic carbocycles. The van der Waals surface area contributed by atoms with Gasteiger partial charge in [-0.3, -0.25) is 0 Å². The molecule has 1 aliphatic heterocycles. The molecule has 112 valence electrons. The van der Waals surface area contributed by atoms with Gasteiger partial charge in [0.2, 0.25) is 10.0 Å². The number of aromatic nitrogens is 1. The summed E-state index contributed by atoms with van der Waals surface area (Å²) < 4.78 is 26.8. The number of hydrogen-bond donors (Lipinski definition) is 2. The maximum Gasteiger partial charge on any atom is 0.246 e. The summed E-state index contributed by atoms with van der Waals surface area (Å²) in [7, 11) is -3.56. The summed E-state index contributed by atoms with van der Waals surface area (Å²) in [5.74, 6) is 0.388. The Morgan fingerprint density at radius 3 is 2.95 bits per heavy atom. The molecule has 20 heavy (non-hydrogen) atoms. The summed E-state index contributed by atoms with van der Waals surface area (Å²) in [5, 5.41) is 12.6. The number of hydrogen-bond acceptors (Lipinski definition) is 5. The van der Waals surface area contributed by atoms with Crippen LogP contribution in [0.15, 0.2) is 23.2 Å². The van der Waals surface area contributed by atoms with Crippen molar-refractivity contribution in [1.82, 2.24) is 9.29 Å². The van der Waals surface area contributed by atoms with Gasteiger partial charge in [-0.1, -0.05) is 0 Å². The molecule has 0 aromatic carbocycles. The van der Waals surface area contributed by atoms with Gasteiger partial charge in [-0.25, -0.2) is 13.4 Å². The molecule has 6 nitrogen and oxygen atoms in total. The summed E-state index contributed by atoms with van der Waals surface area (Å²) in [6.45, 7) is 5.01. The van der Waals surface area contributed by atoms with E-state index in [9.17, 15) is 13.5 Å². The molecule has 1 aliphatic rings. The Morgan fingerprint density at radius 2 is 2.35 bits per heavy atom.